The Morgan fingerprint density at radius 3 is 3.08 bits per heavy atom. The minimum atomic E-state index is 0.380. The summed E-state index contributed by atoms with van der Waals surface area (Å²) in [6, 6.07) is 0. The van der Waals surface area contributed by atoms with E-state index in [9.17, 15) is 0 Å². The number of nitrogen functional groups attached to an aromatic ring is 1. The number of hydrogen-bond acceptors (Lipinski definition) is 4. The van der Waals surface area contributed by atoms with Crippen LogP contribution in [-0.4, -0.2) is 17.7 Å². The number of nitrogens with two attached hydrogens (primary N) is 1. The van der Waals surface area contributed by atoms with Crippen molar-refractivity contribution >= 4 is 17.2 Å². The van der Waals surface area contributed by atoms with Gasteiger partial charge >= 0.3 is 0 Å². The van der Waals surface area contributed by atoms with Gasteiger partial charge < -0.3 is 10.5 Å². The molecule has 4 heteroatoms. The molecule has 1 unspecified atom stereocenters. The second kappa shape index (κ2) is 3.64. The van der Waals surface area contributed by atoms with E-state index in [1.807, 2.05) is 6.92 Å². The Kier molecular flexibility index (Phi) is 2.51. The van der Waals surface area contributed by atoms with Crippen LogP contribution < -0.4 is 5.73 Å². The zero-order valence-electron chi connectivity index (χ0n) is 7.75. The summed E-state index contributed by atoms with van der Waals surface area (Å²) in [4.78, 5) is 5.41. The lowest BCUT2D eigenvalue weighted by Gasteiger charge is -2.04. The summed E-state index contributed by atoms with van der Waals surface area (Å²) in [5, 5.41) is 1.11. The molecule has 1 aromatic heterocycles. The summed E-state index contributed by atoms with van der Waals surface area (Å²) in [5.74, 6) is 0.679. The van der Waals surface area contributed by atoms with Gasteiger partial charge in [-0.2, -0.15) is 0 Å². The highest BCUT2D eigenvalue weighted by Crippen LogP contribution is 2.23. The van der Waals surface area contributed by atoms with Crippen molar-refractivity contribution in [3.05, 3.63) is 9.88 Å². The molecule has 0 aromatic carbocycles. The van der Waals surface area contributed by atoms with E-state index in [0.29, 0.717) is 11.9 Å². The van der Waals surface area contributed by atoms with Crippen LogP contribution in [0.4, 0.5) is 5.82 Å². The maximum atomic E-state index is 5.67. The highest BCUT2D eigenvalue weighted by Gasteiger charge is 2.17. The van der Waals surface area contributed by atoms with Gasteiger partial charge in [-0.3, -0.25) is 0 Å². The van der Waals surface area contributed by atoms with Crippen molar-refractivity contribution in [2.75, 3.05) is 12.3 Å². The van der Waals surface area contributed by atoms with Gasteiger partial charge in [0.15, 0.2) is 0 Å². The molecule has 2 heterocycles. The quantitative estimate of drug-likeness (QED) is 0.787. The van der Waals surface area contributed by atoms with Gasteiger partial charge in [0.25, 0.3) is 0 Å². The predicted molar refractivity (Wildman–Crippen MR) is 53.9 cm³/mol. The van der Waals surface area contributed by atoms with Gasteiger partial charge in [-0.1, -0.05) is 0 Å². The Balaban J connectivity index is 2.00. The van der Waals surface area contributed by atoms with Crippen molar-refractivity contribution < 1.29 is 4.74 Å². The molecule has 72 valence electrons. The van der Waals surface area contributed by atoms with Gasteiger partial charge in [-0.05, 0) is 19.8 Å². The normalized spacial score (nSPS) is 22.4. The molecule has 0 saturated carbocycles. The highest BCUT2D eigenvalue weighted by atomic mass is 32.1. The number of thiazole rings is 1. The van der Waals surface area contributed by atoms with Crippen molar-refractivity contribution in [3.8, 4) is 0 Å². The molecule has 2 N–H and O–H groups in total. The van der Waals surface area contributed by atoms with Crippen LogP contribution in [-0.2, 0) is 11.2 Å². The monoisotopic (exact) mass is 198 g/mol. The molecule has 1 aliphatic rings. The number of aromatic nitrogens is 1. The molecule has 1 saturated heterocycles. The van der Waals surface area contributed by atoms with Crippen LogP contribution in [0.2, 0.25) is 0 Å². The Hall–Kier alpha value is -0.610. The van der Waals surface area contributed by atoms with E-state index in [2.05, 4.69) is 4.98 Å². The first-order chi connectivity index (χ1) is 6.25. The molecule has 0 aliphatic carbocycles. The molecule has 0 bridgehead atoms. The Morgan fingerprint density at radius 1 is 1.69 bits per heavy atom. The van der Waals surface area contributed by atoms with Gasteiger partial charge in [-0.25, -0.2) is 4.98 Å². The van der Waals surface area contributed by atoms with Gasteiger partial charge in [-0.15, -0.1) is 11.3 Å². The first-order valence-corrected chi connectivity index (χ1v) is 5.41. The van der Waals surface area contributed by atoms with E-state index in [-0.39, 0.29) is 0 Å². The molecular weight excluding hydrogens is 184 g/mol. The summed E-state index contributed by atoms with van der Waals surface area (Å²) < 4.78 is 5.53. The third-order valence-corrected chi connectivity index (χ3v) is 3.31. The molecule has 0 radical (unpaired) electrons. The van der Waals surface area contributed by atoms with Crippen molar-refractivity contribution in [3.63, 3.8) is 0 Å². The Morgan fingerprint density at radius 2 is 2.54 bits per heavy atom. The van der Waals surface area contributed by atoms with Crippen molar-refractivity contribution in [2.45, 2.75) is 32.3 Å². The van der Waals surface area contributed by atoms with Gasteiger partial charge in [0.05, 0.1) is 11.1 Å². The number of anilines is 1. The van der Waals surface area contributed by atoms with Crippen LogP contribution in [0, 0.1) is 6.92 Å². The zero-order chi connectivity index (χ0) is 9.26. The molecular formula is C9H14N2OS. The molecule has 0 amide bonds. The zero-order valence-corrected chi connectivity index (χ0v) is 8.56. The van der Waals surface area contributed by atoms with Gasteiger partial charge in [0.2, 0.25) is 0 Å². The lowest BCUT2D eigenvalue weighted by Crippen LogP contribution is -2.08. The fourth-order valence-electron chi connectivity index (χ4n) is 1.55. The van der Waals surface area contributed by atoms with Crippen LogP contribution in [0.5, 0.6) is 0 Å². The van der Waals surface area contributed by atoms with Crippen molar-refractivity contribution in [1.82, 2.24) is 4.98 Å². The Bertz CT molecular complexity index is 272. The molecule has 1 aromatic rings. The third-order valence-electron chi connectivity index (χ3n) is 2.30. The first-order valence-electron chi connectivity index (χ1n) is 4.59. The van der Waals surface area contributed by atoms with Crippen LogP contribution in [0.3, 0.4) is 0 Å². The van der Waals surface area contributed by atoms with E-state index in [4.69, 9.17) is 10.5 Å². The predicted octanol–water partition coefficient (Wildman–Crippen LogP) is 1.76. The molecule has 2 rings (SSSR count). The van der Waals surface area contributed by atoms with Crippen LogP contribution in [0.15, 0.2) is 0 Å². The number of nitrogens with zero attached hydrogens (tertiary/aromatic N) is 1. The molecule has 0 spiro atoms. The average molecular weight is 198 g/mol. The topological polar surface area (TPSA) is 48.1 Å². The Labute approximate surface area is 81.9 Å². The summed E-state index contributed by atoms with van der Waals surface area (Å²) in [6.45, 7) is 2.91. The molecule has 3 nitrogen and oxygen atoms in total. The SMILES string of the molecule is Cc1sc(CC2CCCO2)nc1N. The first kappa shape index (κ1) is 8.97. The summed E-state index contributed by atoms with van der Waals surface area (Å²) >= 11 is 1.69. The maximum absolute atomic E-state index is 5.67. The second-order valence-electron chi connectivity index (χ2n) is 3.39. The molecule has 1 fully saturated rings. The smallest absolute Gasteiger partial charge is 0.137 e. The van der Waals surface area contributed by atoms with Gasteiger partial charge in [0, 0.05) is 17.9 Å². The van der Waals surface area contributed by atoms with E-state index < -0.39 is 0 Å². The van der Waals surface area contributed by atoms with Crippen molar-refractivity contribution in [2.24, 2.45) is 0 Å². The van der Waals surface area contributed by atoms with Gasteiger partial charge in [0.1, 0.15) is 5.82 Å². The summed E-state index contributed by atoms with van der Waals surface area (Å²) in [5.41, 5.74) is 5.67. The van der Waals surface area contributed by atoms with Crippen LogP contribution >= 0.6 is 11.3 Å². The summed E-state index contributed by atoms with van der Waals surface area (Å²) in [7, 11) is 0. The molecule has 13 heavy (non-hydrogen) atoms. The standard InChI is InChI=1S/C9H14N2OS/c1-6-9(10)11-8(13-6)5-7-3-2-4-12-7/h7H,2-5,10H2,1H3. The van der Waals surface area contributed by atoms with Crippen LogP contribution in [0.25, 0.3) is 0 Å². The number of hydrogen-bond donors (Lipinski definition) is 1. The highest BCUT2D eigenvalue weighted by molar-refractivity contribution is 7.12. The number of rotatable bonds is 2. The molecule has 1 atom stereocenters. The second-order valence-corrected chi connectivity index (χ2v) is 4.68. The number of aryl methyl sites for hydroxylation is 1. The van der Waals surface area contributed by atoms with E-state index in [0.717, 1.165) is 22.9 Å². The largest absolute Gasteiger partial charge is 0.383 e. The molecule has 1 aliphatic heterocycles. The third kappa shape index (κ3) is 2.00. The average Bonchev–Trinajstić information content (AvgIpc) is 2.64. The number of ether oxygens (including phenoxy) is 1. The minimum Gasteiger partial charge on any atom is -0.383 e. The minimum absolute atomic E-state index is 0.380. The lowest BCUT2D eigenvalue weighted by molar-refractivity contribution is 0.111. The van der Waals surface area contributed by atoms with E-state index in [1.165, 1.54) is 12.8 Å². The van der Waals surface area contributed by atoms with Crippen LogP contribution in [0.1, 0.15) is 22.7 Å². The van der Waals surface area contributed by atoms with Crippen molar-refractivity contribution in [1.29, 1.82) is 0 Å². The lowest BCUT2D eigenvalue weighted by atomic mass is 10.2. The fraction of sp³-hybridized carbons (Fsp3) is 0.667. The summed E-state index contributed by atoms with van der Waals surface area (Å²) in [6.07, 6.45) is 3.66. The maximum Gasteiger partial charge on any atom is 0.137 e. The van der Waals surface area contributed by atoms with E-state index >= 15 is 0 Å². The fourth-order valence-corrected chi connectivity index (χ4v) is 2.47. The van der Waals surface area contributed by atoms with E-state index in [1.54, 1.807) is 11.3 Å².